The van der Waals surface area contributed by atoms with Crippen LogP contribution < -0.4 is 10.5 Å². The van der Waals surface area contributed by atoms with Gasteiger partial charge in [-0.25, -0.2) is 0 Å². The molecular formula is C12H19NO. The summed E-state index contributed by atoms with van der Waals surface area (Å²) in [6.45, 7) is 8.76. The van der Waals surface area contributed by atoms with Crippen molar-refractivity contribution in [3.8, 4) is 5.75 Å². The van der Waals surface area contributed by atoms with Crippen molar-refractivity contribution in [3.63, 3.8) is 0 Å². The Kier molecular flexibility index (Phi) is 3.53. The first-order chi connectivity index (χ1) is 6.50. The summed E-state index contributed by atoms with van der Waals surface area (Å²) in [6, 6.07) is 4.30. The molecule has 2 nitrogen and oxygen atoms in total. The summed E-state index contributed by atoms with van der Waals surface area (Å²) >= 11 is 0. The molecule has 78 valence electrons. The molecule has 0 bridgehead atoms. The van der Waals surface area contributed by atoms with Crippen molar-refractivity contribution in [2.24, 2.45) is 5.73 Å². The van der Waals surface area contributed by atoms with E-state index in [0.717, 1.165) is 5.75 Å². The van der Waals surface area contributed by atoms with Crippen LogP contribution >= 0.6 is 0 Å². The summed E-state index contributed by atoms with van der Waals surface area (Å²) in [7, 11) is 0. The highest BCUT2D eigenvalue weighted by atomic mass is 16.5. The zero-order valence-corrected chi connectivity index (χ0v) is 9.42. The third-order valence-electron chi connectivity index (χ3n) is 2.27. The highest BCUT2D eigenvalue weighted by molar-refractivity contribution is 5.41. The molecule has 0 saturated carbocycles. The maximum Gasteiger partial charge on any atom is 0.122 e. The lowest BCUT2D eigenvalue weighted by Gasteiger charge is -2.13. The van der Waals surface area contributed by atoms with Crippen molar-refractivity contribution < 1.29 is 4.74 Å². The molecular weight excluding hydrogens is 174 g/mol. The van der Waals surface area contributed by atoms with E-state index in [1.54, 1.807) is 0 Å². The second kappa shape index (κ2) is 4.47. The lowest BCUT2D eigenvalue weighted by molar-refractivity contribution is 0.294. The first-order valence-electron chi connectivity index (χ1n) is 4.97. The summed E-state index contributed by atoms with van der Waals surface area (Å²) in [4.78, 5) is 0. The quantitative estimate of drug-likeness (QED) is 0.799. The average molecular weight is 193 g/mol. The number of rotatable bonds is 3. The van der Waals surface area contributed by atoms with Crippen LogP contribution in [0, 0.1) is 20.8 Å². The number of benzene rings is 1. The van der Waals surface area contributed by atoms with Gasteiger partial charge in [-0.3, -0.25) is 0 Å². The summed E-state index contributed by atoms with van der Waals surface area (Å²) in [5.74, 6) is 0.958. The van der Waals surface area contributed by atoms with Gasteiger partial charge in [0.2, 0.25) is 0 Å². The molecule has 0 heterocycles. The van der Waals surface area contributed by atoms with Gasteiger partial charge in [-0.2, -0.15) is 0 Å². The van der Waals surface area contributed by atoms with E-state index >= 15 is 0 Å². The topological polar surface area (TPSA) is 35.2 Å². The molecule has 0 fully saturated rings. The van der Waals surface area contributed by atoms with Gasteiger partial charge < -0.3 is 10.5 Å². The molecule has 0 aromatic heterocycles. The number of hydrogen-bond donors (Lipinski definition) is 1. The number of nitrogens with two attached hydrogens (primary N) is 1. The molecule has 1 aromatic rings. The standard InChI is InChI=1S/C12H19NO/c1-8-5-9(2)11(4)12(6-8)14-7-10(3)13/h5-6,10H,7,13H2,1-4H3. The molecule has 0 amide bonds. The van der Waals surface area contributed by atoms with Gasteiger partial charge in [-0.15, -0.1) is 0 Å². The molecule has 2 heteroatoms. The zero-order chi connectivity index (χ0) is 10.7. The van der Waals surface area contributed by atoms with Crippen LogP contribution in [0.5, 0.6) is 5.75 Å². The molecule has 14 heavy (non-hydrogen) atoms. The van der Waals surface area contributed by atoms with Crippen LogP contribution in [-0.4, -0.2) is 12.6 Å². The lowest BCUT2D eigenvalue weighted by Crippen LogP contribution is -2.23. The first-order valence-corrected chi connectivity index (χ1v) is 4.97. The minimum atomic E-state index is 0.0789. The van der Waals surface area contributed by atoms with Crippen LogP contribution in [0.1, 0.15) is 23.6 Å². The van der Waals surface area contributed by atoms with Crippen molar-refractivity contribution in [1.29, 1.82) is 0 Å². The van der Waals surface area contributed by atoms with Crippen molar-refractivity contribution in [1.82, 2.24) is 0 Å². The molecule has 0 saturated heterocycles. The fraction of sp³-hybridized carbons (Fsp3) is 0.500. The van der Waals surface area contributed by atoms with Gasteiger partial charge in [-0.1, -0.05) is 6.07 Å². The predicted octanol–water partition coefficient (Wildman–Crippen LogP) is 2.34. The monoisotopic (exact) mass is 193 g/mol. The molecule has 0 spiro atoms. The maximum atomic E-state index is 5.64. The Morgan fingerprint density at radius 2 is 1.93 bits per heavy atom. The molecule has 1 aromatic carbocycles. The van der Waals surface area contributed by atoms with Crippen LogP contribution in [0.3, 0.4) is 0 Å². The Morgan fingerprint density at radius 3 is 2.50 bits per heavy atom. The SMILES string of the molecule is Cc1cc(C)c(C)c(OCC(C)N)c1. The first kappa shape index (κ1) is 11.1. The zero-order valence-electron chi connectivity index (χ0n) is 9.42. The lowest BCUT2D eigenvalue weighted by atomic mass is 10.1. The van der Waals surface area contributed by atoms with E-state index in [1.807, 2.05) is 6.92 Å². The molecule has 0 aliphatic heterocycles. The Labute approximate surface area is 86.1 Å². The Morgan fingerprint density at radius 1 is 1.29 bits per heavy atom. The normalized spacial score (nSPS) is 12.6. The highest BCUT2D eigenvalue weighted by Crippen LogP contribution is 2.23. The van der Waals surface area contributed by atoms with Gasteiger partial charge >= 0.3 is 0 Å². The van der Waals surface area contributed by atoms with E-state index < -0.39 is 0 Å². The Hall–Kier alpha value is -1.02. The number of hydrogen-bond acceptors (Lipinski definition) is 2. The molecule has 2 N–H and O–H groups in total. The molecule has 0 radical (unpaired) electrons. The van der Waals surface area contributed by atoms with E-state index in [4.69, 9.17) is 10.5 Å². The van der Waals surface area contributed by atoms with E-state index in [2.05, 4.69) is 32.9 Å². The van der Waals surface area contributed by atoms with E-state index in [9.17, 15) is 0 Å². The van der Waals surface area contributed by atoms with Crippen LogP contribution in [0.2, 0.25) is 0 Å². The van der Waals surface area contributed by atoms with Crippen LogP contribution in [0.25, 0.3) is 0 Å². The fourth-order valence-corrected chi connectivity index (χ4v) is 1.37. The summed E-state index contributed by atoms with van der Waals surface area (Å²) < 4.78 is 5.63. The molecule has 1 atom stereocenters. The van der Waals surface area contributed by atoms with Gasteiger partial charge in [0, 0.05) is 6.04 Å². The van der Waals surface area contributed by atoms with E-state index in [-0.39, 0.29) is 6.04 Å². The van der Waals surface area contributed by atoms with Gasteiger partial charge in [0.05, 0.1) is 0 Å². The highest BCUT2D eigenvalue weighted by Gasteiger charge is 2.04. The van der Waals surface area contributed by atoms with Crippen LogP contribution in [0.15, 0.2) is 12.1 Å². The average Bonchev–Trinajstić information content (AvgIpc) is 2.08. The van der Waals surface area contributed by atoms with Gasteiger partial charge in [0.15, 0.2) is 0 Å². The summed E-state index contributed by atoms with van der Waals surface area (Å²) in [6.07, 6.45) is 0. The van der Waals surface area contributed by atoms with Gasteiger partial charge in [0.25, 0.3) is 0 Å². The van der Waals surface area contributed by atoms with Crippen molar-refractivity contribution >= 4 is 0 Å². The minimum absolute atomic E-state index is 0.0789. The predicted molar refractivity (Wildman–Crippen MR) is 59.8 cm³/mol. The van der Waals surface area contributed by atoms with Crippen molar-refractivity contribution in [2.75, 3.05) is 6.61 Å². The third kappa shape index (κ3) is 2.74. The fourth-order valence-electron chi connectivity index (χ4n) is 1.37. The Balaban J connectivity index is 2.85. The second-order valence-corrected chi connectivity index (χ2v) is 3.99. The molecule has 1 rings (SSSR count). The summed E-state index contributed by atoms with van der Waals surface area (Å²) in [5.41, 5.74) is 9.34. The van der Waals surface area contributed by atoms with Crippen LogP contribution in [0.4, 0.5) is 0 Å². The van der Waals surface area contributed by atoms with Gasteiger partial charge in [-0.05, 0) is 50.5 Å². The molecule has 0 aliphatic rings. The third-order valence-corrected chi connectivity index (χ3v) is 2.27. The maximum absolute atomic E-state index is 5.64. The minimum Gasteiger partial charge on any atom is -0.492 e. The summed E-state index contributed by atoms with van der Waals surface area (Å²) in [5, 5.41) is 0. The van der Waals surface area contributed by atoms with E-state index in [1.165, 1.54) is 16.7 Å². The number of aryl methyl sites for hydroxylation is 2. The molecule has 0 aliphatic carbocycles. The second-order valence-electron chi connectivity index (χ2n) is 3.99. The molecule has 1 unspecified atom stereocenters. The largest absolute Gasteiger partial charge is 0.492 e. The smallest absolute Gasteiger partial charge is 0.122 e. The number of ether oxygens (including phenoxy) is 1. The van der Waals surface area contributed by atoms with Crippen molar-refractivity contribution in [2.45, 2.75) is 33.7 Å². The van der Waals surface area contributed by atoms with Gasteiger partial charge in [0.1, 0.15) is 12.4 Å². The Bertz CT molecular complexity index is 318. The van der Waals surface area contributed by atoms with Crippen molar-refractivity contribution in [3.05, 3.63) is 28.8 Å². The van der Waals surface area contributed by atoms with Crippen LogP contribution in [-0.2, 0) is 0 Å². The van der Waals surface area contributed by atoms with E-state index in [0.29, 0.717) is 6.61 Å².